The van der Waals surface area contributed by atoms with Crippen LogP contribution in [0.2, 0.25) is 0 Å². The Labute approximate surface area is 111 Å². The SMILES string of the molecule is O=C(C[C@H]1C=CS(=O)(=O)C1)N1CCc2nc[nH]c2C1. The number of nitrogens with one attached hydrogen (secondary N) is 1. The molecule has 0 aliphatic carbocycles. The number of aromatic nitrogens is 2. The Morgan fingerprint density at radius 2 is 2.37 bits per heavy atom. The summed E-state index contributed by atoms with van der Waals surface area (Å²) < 4.78 is 22.6. The Bertz CT molecular complexity index is 632. The minimum atomic E-state index is -3.08. The number of H-pyrrole nitrogens is 1. The molecule has 1 N–H and O–H groups in total. The second-order valence-corrected chi connectivity index (χ2v) is 6.95. The fourth-order valence-electron chi connectivity index (χ4n) is 2.55. The van der Waals surface area contributed by atoms with Crippen molar-refractivity contribution >= 4 is 15.7 Å². The minimum Gasteiger partial charge on any atom is -0.347 e. The van der Waals surface area contributed by atoms with E-state index in [1.165, 1.54) is 5.41 Å². The van der Waals surface area contributed by atoms with E-state index in [0.717, 1.165) is 17.8 Å². The summed E-state index contributed by atoms with van der Waals surface area (Å²) in [4.78, 5) is 21.1. The van der Waals surface area contributed by atoms with Gasteiger partial charge in [0, 0.05) is 30.7 Å². The molecule has 2 aliphatic heterocycles. The van der Waals surface area contributed by atoms with Gasteiger partial charge < -0.3 is 9.88 Å². The molecule has 1 atom stereocenters. The van der Waals surface area contributed by atoms with Crippen LogP contribution in [-0.4, -0.2) is 41.5 Å². The molecule has 0 saturated heterocycles. The molecule has 1 amide bonds. The lowest BCUT2D eigenvalue weighted by atomic mass is 10.1. The van der Waals surface area contributed by atoms with Crippen LogP contribution in [0, 0.1) is 5.92 Å². The van der Waals surface area contributed by atoms with E-state index in [-0.39, 0.29) is 24.0 Å². The number of hydrogen-bond donors (Lipinski definition) is 1. The lowest BCUT2D eigenvalue weighted by Crippen LogP contribution is -2.37. The number of imidazole rings is 1. The van der Waals surface area contributed by atoms with Crippen LogP contribution in [0.5, 0.6) is 0 Å². The van der Waals surface area contributed by atoms with E-state index in [9.17, 15) is 13.2 Å². The third-order valence-corrected chi connectivity index (χ3v) is 5.03. The molecule has 102 valence electrons. The van der Waals surface area contributed by atoms with Crippen LogP contribution in [0.25, 0.3) is 0 Å². The minimum absolute atomic E-state index is 0.00648. The number of allylic oxidation sites excluding steroid dienone is 1. The zero-order chi connectivity index (χ0) is 13.5. The van der Waals surface area contributed by atoms with Gasteiger partial charge in [-0.15, -0.1) is 0 Å². The summed E-state index contributed by atoms with van der Waals surface area (Å²) in [6.07, 6.45) is 4.28. The lowest BCUT2D eigenvalue weighted by molar-refractivity contribution is -0.132. The van der Waals surface area contributed by atoms with Crippen LogP contribution in [-0.2, 0) is 27.6 Å². The van der Waals surface area contributed by atoms with E-state index in [2.05, 4.69) is 9.97 Å². The molecule has 2 aliphatic rings. The van der Waals surface area contributed by atoms with Crippen molar-refractivity contribution in [1.29, 1.82) is 0 Å². The molecule has 6 nitrogen and oxygen atoms in total. The zero-order valence-corrected chi connectivity index (χ0v) is 11.2. The maximum absolute atomic E-state index is 12.2. The van der Waals surface area contributed by atoms with Crippen molar-refractivity contribution in [1.82, 2.24) is 14.9 Å². The molecule has 19 heavy (non-hydrogen) atoms. The van der Waals surface area contributed by atoms with Crippen LogP contribution < -0.4 is 0 Å². The maximum Gasteiger partial charge on any atom is 0.223 e. The third kappa shape index (κ3) is 2.56. The largest absolute Gasteiger partial charge is 0.347 e. The van der Waals surface area contributed by atoms with E-state index in [0.29, 0.717) is 13.1 Å². The van der Waals surface area contributed by atoms with Gasteiger partial charge >= 0.3 is 0 Å². The van der Waals surface area contributed by atoms with Gasteiger partial charge in [-0.3, -0.25) is 4.79 Å². The molecule has 0 saturated carbocycles. The molecule has 1 aromatic rings. The van der Waals surface area contributed by atoms with Crippen LogP contribution in [0.15, 0.2) is 17.8 Å². The predicted molar refractivity (Wildman–Crippen MR) is 68.7 cm³/mol. The van der Waals surface area contributed by atoms with Gasteiger partial charge in [0.1, 0.15) is 0 Å². The van der Waals surface area contributed by atoms with Crippen molar-refractivity contribution in [3.63, 3.8) is 0 Å². The first kappa shape index (κ1) is 12.4. The Balaban J connectivity index is 1.62. The molecule has 0 unspecified atom stereocenters. The number of fused-ring (bicyclic) bond motifs is 1. The van der Waals surface area contributed by atoms with Gasteiger partial charge in [0.05, 0.1) is 30.0 Å². The van der Waals surface area contributed by atoms with E-state index < -0.39 is 9.84 Å². The summed E-state index contributed by atoms with van der Waals surface area (Å²) in [6, 6.07) is 0. The first-order valence-corrected chi connectivity index (χ1v) is 7.95. The van der Waals surface area contributed by atoms with Crippen molar-refractivity contribution in [2.45, 2.75) is 19.4 Å². The predicted octanol–water partition coefficient (Wildman–Crippen LogP) is 0.243. The number of aromatic amines is 1. The number of hydrogen-bond acceptors (Lipinski definition) is 4. The number of carbonyl (C=O) groups excluding carboxylic acids is 1. The van der Waals surface area contributed by atoms with E-state index >= 15 is 0 Å². The summed E-state index contributed by atoms with van der Waals surface area (Å²) >= 11 is 0. The lowest BCUT2D eigenvalue weighted by Gasteiger charge is -2.27. The fourth-order valence-corrected chi connectivity index (χ4v) is 3.94. The zero-order valence-electron chi connectivity index (χ0n) is 10.4. The summed E-state index contributed by atoms with van der Waals surface area (Å²) in [5, 5.41) is 1.22. The van der Waals surface area contributed by atoms with E-state index in [1.807, 2.05) is 0 Å². The van der Waals surface area contributed by atoms with E-state index in [4.69, 9.17) is 0 Å². The van der Waals surface area contributed by atoms with Gasteiger partial charge in [-0.2, -0.15) is 0 Å². The maximum atomic E-state index is 12.2. The highest BCUT2D eigenvalue weighted by Crippen LogP contribution is 2.21. The number of rotatable bonds is 2. The van der Waals surface area contributed by atoms with Crippen LogP contribution in [0.4, 0.5) is 0 Å². The molecule has 1 aromatic heterocycles. The summed E-state index contributed by atoms with van der Waals surface area (Å²) in [6.45, 7) is 1.19. The normalized spacial score (nSPS) is 24.4. The van der Waals surface area contributed by atoms with Crippen molar-refractivity contribution in [3.05, 3.63) is 29.2 Å². The second kappa shape index (κ2) is 4.48. The van der Waals surface area contributed by atoms with Crippen molar-refractivity contribution in [3.8, 4) is 0 Å². The Morgan fingerprint density at radius 1 is 1.53 bits per heavy atom. The number of carbonyl (C=O) groups is 1. The molecule has 0 bridgehead atoms. The standard InChI is InChI=1S/C12H15N3O3S/c16-12(5-9-2-4-19(17,18)7-9)15-3-1-10-11(6-15)14-8-13-10/h2,4,8-9H,1,3,5-7H2,(H,13,14)/t9-/m1/s1. The van der Waals surface area contributed by atoms with Gasteiger partial charge in [0.25, 0.3) is 0 Å². The molecule has 3 heterocycles. The van der Waals surface area contributed by atoms with Crippen LogP contribution in [0.1, 0.15) is 17.8 Å². The monoisotopic (exact) mass is 281 g/mol. The molecule has 0 fully saturated rings. The quantitative estimate of drug-likeness (QED) is 0.842. The highest BCUT2D eigenvalue weighted by Gasteiger charge is 2.28. The van der Waals surface area contributed by atoms with Crippen molar-refractivity contribution in [2.24, 2.45) is 5.92 Å². The number of amides is 1. The van der Waals surface area contributed by atoms with Crippen molar-refractivity contribution < 1.29 is 13.2 Å². The average Bonchev–Trinajstić information content (AvgIpc) is 2.94. The second-order valence-electron chi connectivity index (χ2n) is 5.02. The molecule has 3 rings (SSSR count). The Morgan fingerprint density at radius 3 is 3.11 bits per heavy atom. The molecular formula is C12H15N3O3S. The summed E-state index contributed by atoms with van der Waals surface area (Å²) in [5.41, 5.74) is 2.00. The topological polar surface area (TPSA) is 83.1 Å². The van der Waals surface area contributed by atoms with Gasteiger partial charge in [-0.25, -0.2) is 13.4 Å². The molecule has 7 heteroatoms. The third-order valence-electron chi connectivity index (χ3n) is 3.57. The van der Waals surface area contributed by atoms with E-state index in [1.54, 1.807) is 17.3 Å². The fraction of sp³-hybridized carbons (Fsp3) is 0.500. The molecule has 0 aromatic carbocycles. The van der Waals surface area contributed by atoms with Gasteiger partial charge in [-0.05, 0) is 0 Å². The molecular weight excluding hydrogens is 266 g/mol. The highest BCUT2D eigenvalue weighted by molar-refractivity contribution is 7.94. The Hall–Kier alpha value is -1.63. The number of sulfone groups is 1. The number of nitrogens with zero attached hydrogens (tertiary/aromatic N) is 2. The highest BCUT2D eigenvalue weighted by atomic mass is 32.2. The first-order chi connectivity index (χ1) is 9.03. The summed E-state index contributed by atoms with van der Waals surface area (Å²) in [5.74, 6) is -0.116. The molecule has 0 radical (unpaired) electrons. The van der Waals surface area contributed by atoms with Crippen molar-refractivity contribution in [2.75, 3.05) is 12.3 Å². The average molecular weight is 281 g/mol. The van der Waals surface area contributed by atoms with Crippen LogP contribution >= 0.6 is 0 Å². The van der Waals surface area contributed by atoms with Gasteiger partial charge in [0.15, 0.2) is 9.84 Å². The molecule has 0 spiro atoms. The van der Waals surface area contributed by atoms with Gasteiger partial charge in [-0.1, -0.05) is 6.08 Å². The first-order valence-electron chi connectivity index (χ1n) is 6.23. The smallest absolute Gasteiger partial charge is 0.223 e. The summed E-state index contributed by atoms with van der Waals surface area (Å²) in [7, 11) is -3.08. The van der Waals surface area contributed by atoms with Crippen LogP contribution in [0.3, 0.4) is 0 Å². The van der Waals surface area contributed by atoms with Gasteiger partial charge in [0.2, 0.25) is 5.91 Å². The Kier molecular flexibility index (Phi) is 2.93.